The van der Waals surface area contributed by atoms with Gasteiger partial charge in [0.2, 0.25) is 11.8 Å². The maximum atomic E-state index is 12.7. The van der Waals surface area contributed by atoms with Crippen LogP contribution in [0, 0.1) is 5.92 Å². The van der Waals surface area contributed by atoms with Gasteiger partial charge in [-0.25, -0.2) is 4.79 Å². The van der Waals surface area contributed by atoms with Gasteiger partial charge in [0.15, 0.2) is 0 Å². The molecular formula is C20H28N4O4. The smallest absolute Gasteiger partial charge is 0.319 e. The summed E-state index contributed by atoms with van der Waals surface area (Å²) in [6.45, 7) is 4.53. The molecule has 0 unspecified atom stereocenters. The Bertz CT molecular complexity index is 734. The minimum Gasteiger partial charge on any atom is -0.497 e. The van der Waals surface area contributed by atoms with Crippen molar-refractivity contribution in [2.75, 3.05) is 19.0 Å². The number of amides is 4. The van der Waals surface area contributed by atoms with Crippen molar-refractivity contribution < 1.29 is 19.1 Å². The number of anilines is 1. The Morgan fingerprint density at radius 2 is 2.00 bits per heavy atom. The molecular weight excluding hydrogens is 360 g/mol. The lowest BCUT2D eigenvalue weighted by Gasteiger charge is -2.44. The van der Waals surface area contributed by atoms with Gasteiger partial charge in [-0.2, -0.15) is 0 Å². The molecule has 8 nitrogen and oxygen atoms in total. The first-order chi connectivity index (χ1) is 13.4. The normalized spacial score (nSPS) is 24.4. The van der Waals surface area contributed by atoms with Crippen LogP contribution in [0.25, 0.3) is 0 Å². The van der Waals surface area contributed by atoms with E-state index in [-0.39, 0.29) is 23.9 Å². The number of piperazine rings is 1. The molecule has 2 saturated heterocycles. The molecule has 152 valence electrons. The fraction of sp³-hybridized carbons (Fsp3) is 0.550. The molecule has 3 N–H and O–H groups in total. The first-order valence-electron chi connectivity index (χ1n) is 9.69. The van der Waals surface area contributed by atoms with E-state index in [0.29, 0.717) is 43.2 Å². The number of carbonyl (C=O) groups excluding carboxylic acids is 3. The predicted molar refractivity (Wildman–Crippen MR) is 105 cm³/mol. The highest BCUT2D eigenvalue weighted by atomic mass is 16.5. The summed E-state index contributed by atoms with van der Waals surface area (Å²) in [4.78, 5) is 39.1. The topological polar surface area (TPSA) is 99.8 Å². The molecule has 3 rings (SSSR count). The number of hydrogen-bond acceptors (Lipinski definition) is 4. The molecule has 4 amide bonds. The summed E-state index contributed by atoms with van der Waals surface area (Å²) >= 11 is 0. The summed E-state index contributed by atoms with van der Waals surface area (Å²) in [6.07, 6.45) is 1.68. The Hall–Kier alpha value is -2.77. The summed E-state index contributed by atoms with van der Waals surface area (Å²) in [5, 5.41) is 8.53. The third kappa shape index (κ3) is 4.55. The molecule has 0 saturated carbocycles. The molecule has 0 aromatic heterocycles. The lowest BCUT2D eigenvalue weighted by molar-refractivity contribution is -0.152. The van der Waals surface area contributed by atoms with E-state index >= 15 is 0 Å². The number of rotatable bonds is 5. The highest BCUT2D eigenvalue weighted by Gasteiger charge is 2.44. The molecule has 2 heterocycles. The van der Waals surface area contributed by atoms with Crippen LogP contribution in [0.5, 0.6) is 5.75 Å². The number of fused-ring (bicyclic) bond motifs is 1. The Kier molecular flexibility index (Phi) is 6.06. The monoisotopic (exact) mass is 388 g/mol. The summed E-state index contributed by atoms with van der Waals surface area (Å²) in [5.41, 5.74) is 0.651. The molecule has 28 heavy (non-hydrogen) atoms. The van der Waals surface area contributed by atoms with Crippen molar-refractivity contribution in [2.24, 2.45) is 5.92 Å². The van der Waals surface area contributed by atoms with Crippen LogP contribution < -0.4 is 20.7 Å². The number of hydrogen-bond donors (Lipinski definition) is 3. The Balaban J connectivity index is 1.55. The molecule has 0 bridgehead atoms. The molecule has 2 aliphatic heterocycles. The molecule has 2 fully saturated rings. The molecule has 2 aliphatic rings. The van der Waals surface area contributed by atoms with E-state index in [0.717, 1.165) is 0 Å². The van der Waals surface area contributed by atoms with Gasteiger partial charge in [0.25, 0.3) is 0 Å². The number of nitrogens with one attached hydrogen (secondary N) is 3. The van der Waals surface area contributed by atoms with E-state index in [4.69, 9.17) is 4.74 Å². The summed E-state index contributed by atoms with van der Waals surface area (Å²) in [7, 11) is 1.58. The minimum atomic E-state index is -0.518. The number of benzene rings is 1. The maximum absolute atomic E-state index is 12.7. The molecule has 0 radical (unpaired) electrons. The van der Waals surface area contributed by atoms with Crippen LogP contribution in [0.2, 0.25) is 0 Å². The van der Waals surface area contributed by atoms with Crippen molar-refractivity contribution in [1.29, 1.82) is 0 Å². The van der Waals surface area contributed by atoms with Crippen LogP contribution in [-0.4, -0.2) is 54.5 Å². The Labute approximate surface area is 165 Å². The SMILES string of the molecule is COc1ccc(NC(=O)N[C@H]2CCN3C(=O)[C@@H](CC(C)C)NC(=O)[C@@H]3C2)cc1. The average molecular weight is 388 g/mol. The third-order valence-electron chi connectivity index (χ3n) is 5.19. The van der Waals surface area contributed by atoms with Crippen molar-refractivity contribution in [3.05, 3.63) is 24.3 Å². The first-order valence-corrected chi connectivity index (χ1v) is 9.69. The zero-order valence-electron chi connectivity index (χ0n) is 16.5. The van der Waals surface area contributed by atoms with Gasteiger partial charge in [-0.1, -0.05) is 13.8 Å². The summed E-state index contributed by atoms with van der Waals surface area (Å²) in [5.74, 6) is 0.889. The third-order valence-corrected chi connectivity index (χ3v) is 5.19. The Morgan fingerprint density at radius 3 is 2.64 bits per heavy atom. The predicted octanol–water partition coefficient (Wildman–Crippen LogP) is 1.72. The highest BCUT2D eigenvalue weighted by Crippen LogP contribution is 2.24. The van der Waals surface area contributed by atoms with E-state index < -0.39 is 12.1 Å². The van der Waals surface area contributed by atoms with Gasteiger partial charge in [0, 0.05) is 18.3 Å². The molecule has 0 aliphatic carbocycles. The number of piperidine rings is 1. The van der Waals surface area contributed by atoms with E-state index in [9.17, 15) is 14.4 Å². The van der Waals surface area contributed by atoms with Crippen molar-refractivity contribution in [3.8, 4) is 5.75 Å². The number of ether oxygens (including phenoxy) is 1. The van der Waals surface area contributed by atoms with Crippen LogP contribution in [0.4, 0.5) is 10.5 Å². The van der Waals surface area contributed by atoms with Gasteiger partial charge in [-0.05, 0) is 49.4 Å². The van der Waals surface area contributed by atoms with Crippen LogP contribution in [-0.2, 0) is 9.59 Å². The van der Waals surface area contributed by atoms with Gasteiger partial charge in [0.1, 0.15) is 17.8 Å². The quantitative estimate of drug-likeness (QED) is 0.715. The highest BCUT2D eigenvalue weighted by molar-refractivity contribution is 5.97. The Morgan fingerprint density at radius 1 is 1.29 bits per heavy atom. The van der Waals surface area contributed by atoms with Gasteiger partial charge < -0.3 is 25.6 Å². The van der Waals surface area contributed by atoms with Crippen molar-refractivity contribution in [2.45, 2.75) is 51.2 Å². The lowest BCUT2D eigenvalue weighted by Crippen LogP contribution is -2.67. The van der Waals surface area contributed by atoms with Gasteiger partial charge >= 0.3 is 6.03 Å². The zero-order chi connectivity index (χ0) is 20.3. The fourth-order valence-corrected chi connectivity index (χ4v) is 3.80. The second kappa shape index (κ2) is 8.50. The number of carbonyl (C=O) groups is 3. The maximum Gasteiger partial charge on any atom is 0.319 e. The summed E-state index contributed by atoms with van der Waals surface area (Å²) in [6, 6.07) is 5.58. The number of nitrogens with zero attached hydrogens (tertiary/aromatic N) is 1. The van der Waals surface area contributed by atoms with Gasteiger partial charge in [0.05, 0.1) is 7.11 Å². The second-order valence-electron chi connectivity index (χ2n) is 7.79. The van der Waals surface area contributed by atoms with Crippen molar-refractivity contribution in [3.63, 3.8) is 0 Å². The molecule has 8 heteroatoms. The van der Waals surface area contributed by atoms with Crippen LogP contribution in [0.3, 0.4) is 0 Å². The standard InChI is InChI=1S/C20H28N4O4/c1-12(2)10-16-19(26)24-9-8-14(11-17(24)18(25)23-16)22-20(27)21-13-4-6-15(28-3)7-5-13/h4-7,12,14,16-17H,8-11H2,1-3H3,(H,23,25)(H2,21,22,27)/t14-,16+,17-/m0/s1. The van der Waals surface area contributed by atoms with Crippen LogP contribution in [0.1, 0.15) is 33.1 Å². The van der Waals surface area contributed by atoms with E-state index in [1.807, 2.05) is 13.8 Å². The molecule has 1 aromatic rings. The molecule has 0 spiro atoms. The van der Waals surface area contributed by atoms with Gasteiger partial charge in [-0.3, -0.25) is 9.59 Å². The van der Waals surface area contributed by atoms with Crippen molar-refractivity contribution >= 4 is 23.5 Å². The van der Waals surface area contributed by atoms with E-state index in [1.54, 1.807) is 36.3 Å². The summed E-state index contributed by atoms with van der Waals surface area (Å²) < 4.78 is 5.09. The van der Waals surface area contributed by atoms with Crippen LogP contribution in [0.15, 0.2) is 24.3 Å². The van der Waals surface area contributed by atoms with Crippen molar-refractivity contribution in [1.82, 2.24) is 15.5 Å². The van der Waals surface area contributed by atoms with E-state index in [2.05, 4.69) is 16.0 Å². The fourth-order valence-electron chi connectivity index (χ4n) is 3.80. The minimum absolute atomic E-state index is 0.0144. The largest absolute Gasteiger partial charge is 0.497 e. The molecule has 1 aromatic carbocycles. The lowest BCUT2D eigenvalue weighted by atomic mass is 9.91. The average Bonchev–Trinajstić information content (AvgIpc) is 2.66. The molecule has 3 atom stereocenters. The second-order valence-corrected chi connectivity index (χ2v) is 7.79. The van der Waals surface area contributed by atoms with Crippen LogP contribution >= 0.6 is 0 Å². The number of urea groups is 1. The number of methoxy groups -OCH3 is 1. The van der Waals surface area contributed by atoms with E-state index in [1.165, 1.54) is 0 Å². The zero-order valence-corrected chi connectivity index (χ0v) is 16.5. The first kappa shape index (κ1) is 20.0. The van der Waals surface area contributed by atoms with Gasteiger partial charge in [-0.15, -0.1) is 0 Å².